The van der Waals surface area contributed by atoms with E-state index in [4.69, 9.17) is 0 Å². The maximum atomic E-state index is 13.0. The van der Waals surface area contributed by atoms with Gasteiger partial charge in [0.15, 0.2) is 0 Å². The summed E-state index contributed by atoms with van der Waals surface area (Å²) in [7, 11) is 0. The van der Waals surface area contributed by atoms with E-state index in [1.165, 1.54) is 24.2 Å². The van der Waals surface area contributed by atoms with E-state index in [1.807, 2.05) is 56.6 Å². The van der Waals surface area contributed by atoms with Gasteiger partial charge in [-0.15, -0.1) is 0 Å². The van der Waals surface area contributed by atoms with E-state index in [1.54, 1.807) is 34.5 Å². The van der Waals surface area contributed by atoms with Crippen molar-refractivity contribution in [1.82, 2.24) is 5.06 Å². The third-order valence-electron chi connectivity index (χ3n) is 5.38. The molecule has 5 aliphatic heterocycles. The van der Waals surface area contributed by atoms with Crippen molar-refractivity contribution in [3.8, 4) is 0 Å². The number of hydrogen-bond acceptors (Lipinski definition) is 8. The summed E-state index contributed by atoms with van der Waals surface area (Å²) >= 11 is 12.1. The third-order valence-corrected chi connectivity index (χ3v) is 22.8. The van der Waals surface area contributed by atoms with E-state index < -0.39 is 11.1 Å². The number of thioether (sulfide) groups is 6. The van der Waals surface area contributed by atoms with Crippen molar-refractivity contribution in [1.29, 1.82) is 0 Å². The molecule has 0 saturated heterocycles. The Morgan fingerprint density at radius 2 is 1.62 bits per heavy atom. The van der Waals surface area contributed by atoms with Gasteiger partial charge in [-0.25, -0.2) is 0 Å². The van der Waals surface area contributed by atoms with Gasteiger partial charge in [-0.3, -0.25) is 0 Å². The summed E-state index contributed by atoms with van der Waals surface area (Å²) in [5.41, 5.74) is -1.55. The molecule has 0 amide bonds. The summed E-state index contributed by atoms with van der Waals surface area (Å²) in [5.74, 6) is 2.76. The first-order valence-electron chi connectivity index (χ1n) is 8.76. The van der Waals surface area contributed by atoms with Gasteiger partial charge in [-0.2, -0.15) is 0 Å². The van der Waals surface area contributed by atoms with Crippen LogP contribution in [0.3, 0.4) is 0 Å². The van der Waals surface area contributed by atoms with E-state index >= 15 is 0 Å². The van der Waals surface area contributed by atoms with Crippen LogP contribution in [0.5, 0.6) is 0 Å². The SMILES string of the molecule is CC1(C)N([O])C(C2=CSC3=C(S2)SC(=C2[Se]C4=C(SCCS4)[Se]2)S3)=[N+]([O-])C1(C)C. The Kier molecular flexibility index (Phi) is 6.09. The standard InChI is InChI=1S/C17H17N2O2S6Se2/c1-16(2)17(3,4)19(21)9(18(16)20)8-7-24-10-11(25-8)27-12(26-10)15-28-13-14(29-15)23-6-5-22-13/h7H,5-6H2,1-4H3. The summed E-state index contributed by atoms with van der Waals surface area (Å²) in [5, 5.41) is 28.9. The van der Waals surface area contributed by atoms with Gasteiger partial charge in [-0.05, 0) is 0 Å². The number of amidine groups is 1. The van der Waals surface area contributed by atoms with E-state index in [0.717, 1.165) is 14.7 Å². The minimum atomic E-state index is -0.773. The zero-order chi connectivity index (χ0) is 20.6. The molecule has 12 heteroatoms. The van der Waals surface area contributed by atoms with Crippen LogP contribution >= 0.6 is 70.6 Å². The second-order valence-electron chi connectivity index (χ2n) is 7.56. The van der Waals surface area contributed by atoms with E-state index in [0.29, 0.717) is 29.9 Å². The zero-order valence-electron chi connectivity index (χ0n) is 16.0. The molecule has 155 valence electrons. The van der Waals surface area contributed by atoms with Crippen LogP contribution in [0.15, 0.2) is 34.0 Å². The molecule has 0 aromatic rings. The topological polar surface area (TPSA) is 49.2 Å². The quantitative estimate of drug-likeness (QED) is 0.223. The number of nitrogens with zero attached hydrogens (tertiary/aromatic N) is 2. The van der Waals surface area contributed by atoms with Gasteiger partial charge in [-0.1, -0.05) is 0 Å². The van der Waals surface area contributed by atoms with E-state index in [-0.39, 0.29) is 5.84 Å². The van der Waals surface area contributed by atoms with Crippen LogP contribution in [-0.2, 0) is 5.21 Å². The fourth-order valence-electron chi connectivity index (χ4n) is 2.93. The molecule has 1 radical (unpaired) electrons. The first kappa shape index (κ1) is 22.1. The summed E-state index contributed by atoms with van der Waals surface area (Å²) in [6.07, 6.45) is 0. The predicted molar refractivity (Wildman–Crippen MR) is 135 cm³/mol. The summed E-state index contributed by atoms with van der Waals surface area (Å²) in [6.45, 7) is 7.40. The van der Waals surface area contributed by atoms with Crippen LogP contribution in [0.25, 0.3) is 0 Å². The third kappa shape index (κ3) is 3.57. The van der Waals surface area contributed by atoms with Gasteiger partial charge < -0.3 is 0 Å². The molecule has 0 aromatic carbocycles. The van der Waals surface area contributed by atoms with Gasteiger partial charge in [0.25, 0.3) is 0 Å². The number of rotatable bonds is 1. The molecule has 0 aromatic heterocycles. The molecule has 29 heavy (non-hydrogen) atoms. The van der Waals surface area contributed by atoms with Crippen molar-refractivity contribution in [2.75, 3.05) is 11.5 Å². The normalized spacial score (nSPS) is 28.4. The molecule has 0 N–H and O–H groups in total. The van der Waals surface area contributed by atoms with Crippen LogP contribution in [0.2, 0.25) is 0 Å². The van der Waals surface area contributed by atoms with Crippen LogP contribution in [0, 0.1) is 5.21 Å². The van der Waals surface area contributed by atoms with Gasteiger partial charge in [0.05, 0.1) is 0 Å². The van der Waals surface area contributed by atoms with Gasteiger partial charge in [0.1, 0.15) is 0 Å². The summed E-state index contributed by atoms with van der Waals surface area (Å²) < 4.78 is 9.90. The van der Waals surface area contributed by atoms with Crippen LogP contribution < -0.4 is 0 Å². The molecule has 0 saturated carbocycles. The van der Waals surface area contributed by atoms with Crippen LogP contribution in [-0.4, -0.2) is 68.1 Å². The van der Waals surface area contributed by atoms with Gasteiger partial charge in [0.2, 0.25) is 0 Å². The van der Waals surface area contributed by atoms with Gasteiger partial charge in [0, 0.05) is 0 Å². The molecule has 0 fully saturated rings. The molecule has 5 rings (SSSR count). The minimum absolute atomic E-state index is 0.259. The van der Waals surface area contributed by atoms with Crippen molar-refractivity contribution in [2.24, 2.45) is 0 Å². The first-order chi connectivity index (χ1) is 13.7. The van der Waals surface area contributed by atoms with Crippen LogP contribution in [0.1, 0.15) is 27.7 Å². The number of hydroxylamine groups is 3. The molecular formula is C17H17N2O2S6Se2. The van der Waals surface area contributed by atoms with Crippen molar-refractivity contribution in [3.05, 3.63) is 39.2 Å². The van der Waals surface area contributed by atoms with Crippen LogP contribution in [0.4, 0.5) is 0 Å². The summed E-state index contributed by atoms with van der Waals surface area (Å²) in [6, 6.07) is 0. The Hall–Kier alpha value is 1.33. The second kappa shape index (κ2) is 7.97. The molecule has 0 atom stereocenters. The molecule has 5 aliphatic rings. The second-order valence-corrected chi connectivity index (χ2v) is 21.3. The molecule has 0 bridgehead atoms. The van der Waals surface area contributed by atoms with Crippen molar-refractivity contribution < 1.29 is 9.95 Å². The average molecular weight is 632 g/mol. The Morgan fingerprint density at radius 3 is 2.21 bits per heavy atom. The Labute approximate surface area is 208 Å². The Balaban J connectivity index is 1.35. The maximum absolute atomic E-state index is 13.0. The molecule has 0 unspecified atom stereocenters. The monoisotopic (exact) mass is 633 g/mol. The zero-order valence-corrected chi connectivity index (χ0v) is 24.3. The van der Waals surface area contributed by atoms with E-state index in [9.17, 15) is 10.4 Å². The average Bonchev–Trinajstić information content (AvgIpc) is 3.33. The van der Waals surface area contributed by atoms with Crippen molar-refractivity contribution in [3.63, 3.8) is 0 Å². The molecular weight excluding hydrogens is 615 g/mol. The van der Waals surface area contributed by atoms with Crippen molar-refractivity contribution >= 4 is 106 Å². The number of hydrogen-bond donors (Lipinski definition) is 0. The summed E-state index contributed by atoms with van der Waals surface area (Å²) in [4.78, 5) is 0.780. The van der Waals surface area contributed by atoms with Gasteiger partial charge >= 0.3 is 211 Å². The first-order valence-corrected chi connectivity index (χ1v) is 17.5. The molecule has 0 aliphatic carbocycles. The predicted octanol–water partition coefficient (Wildman–Crippen LogP) is 5.20. The molecule has 0 spiro atoms. The fourth-order valence-corrected chi connectivity index (χ4v) is 21.6. The Bertz CT molecular complexity index is 949. The molecule has 5 heterocycles. The Morgan fingerprint density at radius 1 is 1.00 bits per heavy atom. The van der Waals surface area contributed by atoms with E-state index in [2.05, 4.69) is 23.5 Å². The van der Waals surface area contributed by atoms with Crippen molar-refractivity contribution in [2.45, 2.75) is 38.8 Å². The fraction of sp³-hybridized carbons (Fsp3) is 0.471. The molecule has 4 nitrogen and oxygen atoms in total.